The van der Waals surface area contributed by atoms with E-state index in [-0.39, 0.29) is 102 Å². The molecule has 0 spiro atoms. The van der Waals surface area contributed by atoms with Gasteiger partial charge in [0.25, 0.3) is 0 Å². The van der Waals surface area contributed by atoms with Gasteiger partial charge in [0.1, 0.15) is 0 Å². The van der Waals surface area contributed by atoms with Crippen LogP contribution >= 0.6 is 0 Å². The van der Waals surface area contributed by atoms with Gasteiger partial charge < -0.3 is 59.8 Å². The molecule has 0 saturated heterocycles. The summed E-state index contributed by atoms with van der Waals surface area (Å²) in [6, 6.07) is 4.38. The summed E-state index contributed by atoms with van der Waals surface area (Å²) in [6.45, 7) is 26.7. The number of hydrogen-bond donors (Lipinski definition) is 4. The molecule has 2 aromatic heterocycles. The van der Waals surface area contributed by atoms with E-state index < -0.39 is 93.6 Å². The highest BCUT2D eigenvalue weighted by Crippen LogP contribution is 2.29. The lowest BCUT2D eigenvalue weighted by Gasteiger charge is -2.34. The van der Waals surface area contributed by atoms with Crippen LogP contribution in [0, 0.1) is 0 Å². The van der Waals surface area contributed by atoms with Gasteiger partial charge in [0, 0.05) is 76.0 Å². The predicted octanol–water partition coefficient (Wildman–Crippen LogP) is 3.47. The third-order valence-electron chi connectivity index (χ3n) is 11.2. The molecule has 3 rings (SSSR count). The third-order valence-corrected chi connectivity index (χ3v) is 11.2. The minimum absolute atomic E-state index is 0.0336. The Kier molecular flexibility index (Phi) is 23.9. The average molecular weight is 1070 g/mol. The highest BCUT2D eigenvalue weighted by molar-refractivity contribution is 5.91. The van der Waals surface area contributed by atoms with Gasteiger partial charge in [-0.25, -0.2) is 0 Å². The molecule has 4 unspecified atom stereocenters. The highest BCUT2D eigenvalue weighted by Gasteiger charge is 2.39. The first-order valence-corrected chi connectivity index (χ1v) is 25.8. The van der Waals surface area contributed by atoms with E-state index in [0.717, 1.165) is 0 Å². The number of carbonyl (C=O) groups is 8. The van der Waals surface area contributed by atoms with Gasteiger partial charge in [0.2, 0.25) is 47.3 Å². The van der Waals surface area contributed by atoms with Crippen LogP contribution in [0.5, 0.6) is 0 Å². The van der Waals surface area contributed by atoms with Crippen LogP contribution < -0.4 is 21.3 Å². The number of amides is 8. The minimum Gasteiger partial charge on any atom is -0.377 e. The molecule has 424 valence electrons. The summed E-state index contributed by atoms with van der Waals surface area (Å²) in [5.41, 5.74) is -2.33. The van der Waals surface area contributed by atoms with Crippen molar-refractivity contribution in [3.8, 4) is 0 Å². The van der Waals surface area contributed by atoms with Crippen molar-refractivity contribution in [2.24, 2.45) is 0 Å². The molecule has 1 aliphatic rings. The molecule has 8 amide bonds. The van der Waals surface area contributed by atoms with Gasteiger partial charge in [-0.3, -0.25) is 48.3 Å². The maximum absolute atomic E-state index is 14.3. The number of ether oxygens (including phenoxy) is 4. The number of aromatic nitrogens is 2. The van der Waals surface area contributed by atoms with Crippen LogP contribution in [0.15, 0.2) is 36.4 Å². The maximum atomic E-state index is 14.3. The van der Waals surface area contributed by atoms with Gasteiger partial charge in [-0.05, 0) is 107 Å². The van der Waals surface area contributed by atoms with Crippen LogP contribution in [0.2, 0.25) is 0 Å². The molecule has 0 aliphatic carbocycles. The largest absolute Gasteiger partial charge is 0.377 e. The molecule has 1 aliphatic heterocycles. The summed E-state index contributed by atoms with van der Waals surface area (Å²) in [7, 11) is 0. The van der Waals surface area contributed by atoms with E-state index >= 15 is 0 Å². The van der Waals surface area contributed by atoms with Crippen molar-refractivity contribution in [2.45, 2.75) is 157 Å². The summed E-state index contributed by atoms with van der Waals surface area (Å²) in [5, 5.41) is 11.8. The van der Waals surface area contributed by atoms with Crippen molar-refractivity contribution in [1.29, 1.82) is 0 Å². The standard InChI is InChI=1S/C54H86N10O12/c1-35(65)61-23-27-73-31-32-74-28-25-63(37(3)67)45(49(71)59-53(11,12)13)41-21-18-22-42(56-41)46(50(72)60-54(14,15)16)64(38(4)68)26-30-76-34-33-75-29-24-62(36(2)66)44(48(70)58-52(8,9)10)40-20-17-19-39(55-40)43(61)47(69)57-51(5,6)7/h17-22,43-46H,23-34H2,1-16H3,(H,57,69)(H,58,70)(H,59,71)(H,60,72). The van der Waals surface area contributed by atoms with Crippen LogP contribution in [0.3, 0.4) is 0 Å². The quantitative estimate of drug-likeness (QED) is 0.342. The van der Waals surface area contributed by atoms with Gasteiger partial charge in [0.15, 0.2) is 24.2 Å². The molecule has 0 fully saturated rings. The average Bonchev–Trinajstić information content (AvgIpc) is 3.26. The van der Waals surface area contributed by atoms with Gasteiger partial charge in [-0.2, -0.15) is 0 Å². The molecule has 4 bridgehead atoms. The smallest absolute Gasteiger partial charge is 0.249 e. The van der Waals surface area contributed by atoms with E-state index in [1.807, 2.05) is 0 Å². The van der Waals surface area contributed by atoms with E-state index in [9.17, 15) is 38.4 Å². The summed E-state index contributed by atoms with van der Waals surface area (Å²) in [5.74, 6) is -4.01. The van der Waals surface area contributed by atoms with Crippen molar-refractivity contribution in [2.75, 3.05) is 79.0 Å². The second kappa shape index (κ2) is 28.3. The number of pyridine rings is 2. The molecule has 4 atom stereocenters. The number of hydrogen-bond acceptors (Lipinski definition) is 14. The molecular weight excluding hydrogens is 981 g/mol. The number of nitrogens with one attached hydrogen (secondary N) is 4. The zero-order valence-electron chi connectivity index (χ0n) is 47.8. The zero-order chi connectivity index (χ0) is 57.3. The first-order valence-electron chi connectivity index (χ1n) is 25.8. The summed E-state index contributed by atoms with van der Waals surface area (Å²) < 4.78 is 23.7. The second-order valence-electron chi connectivity index (χ2n) is 22.8. The van der Waals surface area contributed by atoms with Crippen LogP contribution in [-0.2, 0) is 57.3 Å². The van der Waals surface area contributed by atoms with Crippen LogP contribution in [-0.4, -0.2) is 178 Å². The van der Waals surface area contributed by atoms with Gasteiger partial charge in [-0.1, -0.05) is 12.1 Å². The molecule has 4 N–H and O–H groups in total. The number of carbonyl (C=O) groups excluding carboxylic acids is 8. The lowest BCUT2D eigenvalue weighted by atomic mass is 10.0. The maximum Gasteiger partial charge on any atom is 0.249 e. The molecule has 76 heavy (non-hydrogen) atoms. The van der Waals surface area contributed by atoms with Gasteiger partial charge in [-0.15, -0.1) is 0 Å². The van der Waals surface area contributed by atoms with E-state index in [1.54, 1.807) is 119 Å². The van der Waals surface area contributed by atoms with E-state index in [1.165, 1.54) is 47.3 Å². The summed E-state index contributed by atoms with van der Waals surface area (Å²) >= 11 is 0. The van der Waals surface area contributed by atoms with Crippen molar-refractivity contribution < 1.29 is 57.3 Å². The molecule has 22 heteroatoms. The Hall–Kier alpha value is -6.10. The Morgan fingerprint density at radius 3 is 0.711 bits per heavy atom. The Balaban J connectivity index is 2.15. The monoisotopic (exact) mass is 1070 g/mol. The molecule has 0 radical (unpaired) electrons. The Labute approximate surface area is 449 Å². The van der Waals surface area contributed by atoms with E-state index in [2.05, 4.69) is 21.3 Å². The van der Waals surface area contributed by atoms with Crippen LogP contribution in [0.4, 0.5) is 0 Å². The van der Waals surface area contributed by atoms with Crippen LogP contribution in [0.1, 0.15) is 158 Å². The fourth-order valence-corrected chi connectivity index (χ4v) is 8.21. The van der Waals surface area contributed by atoms with Gasteiger partial charge in [0.05, 0.1) is 75.6 Å². The summed E-state index contributed by atoms with van der Waals surface area (Å²) in [4.78, 5) is 126. The number of fused-ring (bicyclic) bond motifs is 4. The van der Waals surface area contributed by atoms with Crippen LogP contribution in [0.25, 0.3) is 0 Å². The topological polar surface area (TPSA) is 260 Å². The Bertz CT molecular complexity index is 2010. The fraction of sp³-hybridized carbons (Fsp3) is 0.667. The molecule has 0 aromatic carbocycles. The van der Waals surface area contributed by atoms with Crippen molar-refractivity contribution in [1.82, 2.24) is 50.8 Å². The molecular formula is C54H86N10O12. The molecule has 3 heterocycles. The molecule has 2 aromatic rings. The number of rotatable bonds is 4. The normalized spacial score (nSPS) is 20.1. The predicted molar refractivity (Wildman–Crippen MR) is 284 cm³/mol. The van der Waals surface area contributed by atoms with E-state index in [0.29, 0.717) is 0 Å². The SMILES string of the molecule is CC(=O)N1CCOCCOCCN(C(C)=O)C(C(=O)NC(C)(C)C)c2cccc(n2)C(C(=O)NC(C)(C)C)N(C(C)=O)CCOCCOCCN(C(C)=O)C(C(=O)NC(C)(C)C)c2cccc(n2)C1C(=O)NC(C)(C)C. The van der Waals surface area contributed by atoms with Gasteiger partial charge >= 0.3 is 0 Å². The second-order valence-corrected chi connectivity index (χ2v) is 22.8. The van der Waals surface area contributed by atoms with Crippen molar-refractivity contribution >= 4 is 47.3 Å². The Morgan fingerprint density at radius 1 is 0.368 bits per heavy atom. The lowest BCUT2D eigenvalue weighted by Crippen LogP contribution is -2.51. The minimum atomic E-state index is -1.29. The Morgan fingerprint density at radius 2 is 0.553 bits per heavy atom. The highest BCUT2D eigenvalue weighted by atomic mass is 16.5. The number of nitrogens with zero attached hydrogens (tertiary/aromatic N) is 6. The first-order chi connectivity index (χ1) is 35.2. The molecule has 0 saturated carbocycles. The molecule has 22 nitrogen and oxygen atoms in total. The first kappa shape index (κ1) is 64.2. The third kappa shape index (κ3) is 21.1. The van der Waals surface area contributed by atoms with Crippen molar-refractivity contribution in [3.05, 3.63) is 59.2 Å². The fourth-order valence-electron chi connectivity index (χ4n) is 8.21. The van der Waals surface area contributed by atoms with E-state index in [4.69, 9.17) is 28.9 Å². The zero-order valence-corrected chi connectivity index (χ0v) is 47.8. The van der Waals surface area contributed by atoms with Crippen molar-refractivity contribution in [3.63, 3.8) is 0 Å². The lowest BCUT2D eigenvalue weighted by molar-refractivity contribution is -0.142. The summed E-state index contributed by atoms with van der Waals surface area (Å²) in [6.07, 6.45) is 0.